The van der Waals surface area contributed by atoms with Gasteiger partial charge in [-0.15, -0.1) is 0 Å². The third-order valence-corrected chi connectivity index (χ3v) is 3.85. The van der Waals surface area contributed by atoms with Crippen molar-refractivity contribution >= 4 is 11.8 Å². The predicted molar refractivity (Wildman–Crippen MR) is 86.6 cm³/mol. The molecule has 2 amide bonds. The molecule has 0 aliphatic carbocycles. The largest absolute Gasteiger partial charge is 0.497 e. The molecule has 0 aromatic heterocycles. The minimum Gasteiger partial charge on any atom is -0.497 e. The number of ether oxygens (including phenoxy) is 2. The highest BCUT2D eigenvalue weighted by atomic mass is 16.5. The number of benzene rings is 1. The van der Waals surface area contributed by atoms with Crippen LogP contribution in [0.25, 0.3) is 0 Å². The second-order valence-corrected chi connectivity index (χ2v) is 5.71. The third-order valence-electron chi connectivity index (χ3n) is 3.85. The monoisotopic (exact) mass is 320 g/mol. The van der Waals surface area contributed by atoms with Gasteiger partial charge in [0.05, 0.1) is 13.0 Å². The standard InChI is InChI=1S/C17H24N2O4/c1-4-7-18-16(20)11(2)19-17(21)13-8-12-5-6-14(22-3)9-15(12)23-10-13/h5-6,9,11,13H,4,7-8,10H2,1-3H3,(H,18,20)(H,19,21)/t11-,13+/m0/s1. The Balaban J connectivity index is 1.92. The van der Waals surface area contributed by atoms with Crippen LogP contribution in [-0.2, 0) is 16.0 Å². The molecule has 0 saturated heterocycles. The van der Waals surface area contributed by atoms with Crippen LogP contribution in [0.4, 0.5) is 0 Å². The zero-order valence-corrected chi connectivity index (χ0v) is 13.8. The van der Waals surface area contributed by atoms with Crippen LogP contribution < -0.4 is 20.1 Å². The highest BCUT2D eigenvalue weighted by molar-refractivity contribution is 5.88. The van der Waals surface area contributed by atoms with E-state index in [1.165, 1.54) is 0 Å². The molecule has 126 valence electrons. The van der Waals surface area contributed by atoms with Gasteiger partial charge in [0.1, 0.15) is 24.1 Å². The van der Waals surface area contributed by atoms with Gasteiger partial charge in [0, 0.05) is 12.6 Å². The number of rotatable bonds is 6. The van der Waals surface area contributed by atoms with E-state index in [1.807, 2.05) is 25.1 Å². The summed E-state index contributed by atoms with van der Waals surface area (Å²) >= 11 is 0. The number of fused-ring (bicyclic) bond motifs is 1. The van der Waals surface area contributed by atoms with Gasteiger partial charge in [-0.25, -0.2) is 0 Å². The summed E-state index contributed by atoms with van der Waals surface area (Å²) in [5, 5.41) is 5.53. The molecule has 2 rings (SSSR count). The van der Waals surface area contributed by atoms with Crippen molar-refractivity contribution in [2.45, 2.75) is 32.7 Å². The Morgan fingerprint density at radius 2 is 2.22 bits per heavy atom. The average Bonchev–Trinajstić information content (AvgIpc) is 2.58. The van der Waals surface area contributed by atoms with Gasteiger partial charge in [-0.2, -0.15) is 0 Å². The number of carbonyl (C=O) groups is 2. The second-order valence-electron chi connectivity index (χ2n) is 5.71. The van der Waals surface area contributed by atoms with E-state index in [-0.39, 0.29) is 17.7 Å². The summed E-state index contributed by atoms with van der Waals surface area (Å²) in [6.45, 7) is 4.58. The fourth-order valence-electron chi connectivity index (χ4n) is 2.45. The first kappa shape index (κ1) is 17.1. The molecule has 0 fully saturated rings. The maximum Gasteiger partial charge on any atom is 0.242 e. The predicted octanol–water partition coefficient (Wildman–Crippen LogP) is 1.28. The maximum atomic E-state index is 12.3. The topological polar surface area (TPSA) is 76.7 Å². The van der Waals surface area contributed by atoms with Gasteiger partial charge in [-0.05, 0) is 31.4 Å². The van der Waals surface area contributed by atoms with Crippen molar-refractivity contribution in [2.24, 2.45) is 5.92 Å². The fourth-order valence-corrected chi connectivity index (χ4v) is 2.45. The first-order valence-corrected chi connectivity index (χ1v) is 7.93. The number of methoxy groups -OCH3 is 1. The number of amides is 2. The number of nitrogens with one attached hydrogen (secondary N) is 2. The van der Waals surface area contributed by atoms with Crippen LogP contribution in [0, 0.1) is 5.92 Å². The molecule has 1 aromatic rings. The maximum absolute atomic E-state index is 12.3. The zero-order valence-electron chi connectivity index (χ0n) is 13.8. The molecule has 0 saturated carbocycles. The number of carbonyl (C=O) groups excluding carboxylic acids is 2. The normalized spacial score (nSPS) is 17.4. The number of hydrogen-bond acceptors (Lipinski definition) is 4. The van der Waals surface area contributed by atoms with Crippen molar-refractivity contribution in [1.82, 2.24) is 10.6 Å². The van der Waals surface area contributed by atoms with Crippen LogP contribution in [0.5, 0.6) is 11.5 Å². The molecular formula is C17H24N2O4. The first-order valence-electron chi connectivity index (χ1n) is 7.93. The van der Waals surface area contributed by atoms with E-state index in [4.69, 9.17) is 9.47 Å². The summed E-state index contributed by atoms with van der Waals surface area (Å²) in [6, 6.07) is 5.03. The molecule has 6 nitrogen and oxygen atoms in total. The van der Waals surface area contributed by atoms with Crippen molar-refractivity contribution in [1.29, 1.82) is 0 Å². The Morgan fingerprint density at radius 3 is 2.91 bits per heavy atom. The second kappa shape index (κ2) is 7.85. The molecule has 6 heteroatoms. The van der Waals surface area contributed by atoms with Crippen LogP contribution in [0.1, 0.15) is 25.8 Å². The van der Waals surface area contributed by atoms with Gasteiger partial charge in [-0.3, -0.25) is 9.59 Å². The van der Waals surface area contributed by atoms with Crippen molar-refractivity contribution in [2.75, 3.05) is 20.3 Å². The van der Waals surface area contributed by atoms with Gasteiger partial charge >= 0.3 is 0 Å². The Kier molecular flexibility index (Phi) is 5.84. The summed E-state index contributed by atoms with van der Waals surface area (Å²) in [5.74, 6) is 0.861. The molecule has 1 heterocycles. The van der Waals surface area contributed by atoms with Crippen molar-refractivity contribution in [3.63, 3.8) is 0 Å². The van der Waals surface area contributed by atoms with Crippen molar-refractivity contribution in [3.8, 4) is 11.5 Å². The van der Waals surface area contributed by atoms with Gasteiger partial charge < -0.3 is 20.1 Å². The Morgan fingerprint density at radius 1 is 1.43 bits per heavy atom. The van der Waals surface area contributed by atoms with E-state index >= 15 is 0 Å². The van der Waals surface area contributed by atoms with Gasteiger partial charge in [0.2, 0.25) is 11.8 Å². The van der Waals surface area contributed by atoms with Crippen LogP contribution in [0.3, 0.4) is 0 Å². The highest BCUT2D eigenvalue weighted by Crippen LogP contribution is 2.31. The lowest BCUT2D eigenvalue weighted by Crippen LogP contribution is -2.48. The lowest BCUT2D eigenvalue weighted by atomic mass is 9.95. The lowest BCUT2D eigenvalue weighted by Gasteiger charge is -2.26. The molecule has 1 aliphatic rings. The molecular weight excluding hydrogens is 296 g/mol. The highest BCUT2D eigenvalue weighted by Gasteiger charge is 2.28. The minimum absolute atomic E-state index is 0.161. The van der Waals surface area contributed by atoms with Gasteiger partial charge in [-0.1, -0.05) is 13.0 Å². The van der Waals surface area contributed by atoms with E-state index in [9.17, 15) is 9.59 Å². The molecule has 1 aromatic carbocycles. The lowest BCUT2D eigenvalue weighted by molar-refractivity contribution is -0.131. The summed E-state index contributed by atoms with van der Waals surface area (Å²) in [7, 11) is 1.60. The van der Waals surface area contributed by atoms with Crippen LogP contribution >= 0.6 is 0 Å². The molecule has 0 unspecified atom stereocenters. The Labute approximate surface area is 136 Å². The van der Waals surface area contributed by atoms with Crippen LogP contribution in [0.2, 0.25) is 0 Å². The minimum atomic E-state index is -0.550. The van der Waals surface area contributed by atoms with E-state index in [1.54, 1.807) is 14.0 Å². The van der Waals surface area contributed by atoms with Crippen molar-refractivity contribution < 1.29 is 19.1 Å². The smallest absolute Gasteiger partial charge is 0.242 e. The summed E-state index contributed by atoms with van der Waals surface area (Å²) < 4.78 is 10.8. The van der Waals surface area contributed by atoms with E-state index in [2.05, 4.69) is 10.6 Å². The van der Waals surface area contributed by atoms with E-state index in [0.717, 1.165) is 23.5 Å². The molecule has 0 radical (unpaired) electrons. The summed E-state index contributed by atoms with van der Waals surface area (Å²) in [6.07, 6.45) is 1.46. The van der Waals surface area contributed by atoms with Crippen LogP contribution in [-0.4, -0.2) is 38.1 Å². The van der Waals surface area contributed by atoms with Crippen LogP contribution in [0.15, 0.2) is 18.2 Å². The van der Waals surface area contributed by atoms with Gasteiger partial charge in [0.25, 0.3) is 0 Å². The molecule has 2 N–H and O–H groups in total. The SMILES string of the molecule is CCCNC(=O)[C@H](C)NC(=O)[C@H]1COc2cc(OC)ccc2C1. The molecule has 2 atom stereocenters. The number of hydrogen-bond donors (Lipinski definition) is 2. The quantitative estimate of drug-likeness (QED) is 0.828. The summed E-state index contributed by atoms with van der Waals surface area (Å²) in [4.78, 5) is 24.1. The molecule has 0 bridgehead atoms. The molecule has 1 aliphatic heterocycles. The van der Waals surface area contributed by atoms with Crippen molar-refractivity contribution in [3.05, 3.63) is 23.8 Å². The third kappa shape index (κ3) is 4.37. The van der Waals surface area contributed by atoms with E-state index < -0.39 is 6.04 Å². The summed E-state index contributed by atoms with van der Waals surface area (Å²) in [5.41, 5.74) is 0.972. The average molecular weight is 320 g/mol. The fraction of sp³-hybridized carbons (Fsp3) is 0.529. The molecule has 23 heavy (non-hydrogen) atoms. The first-order chi connectivity index (χ1) is 11.0. The Bertz CT molecular complexity index is 574. The van der Waals surface area contributed by atoms with Gasteiger partial charge in [0.15, 0.2) is 0 Å². The molecule has 0 spiro atoms. The van der Waals surface area contributed by atoms with E-state index in [0.29, 0.717) is 19.6 Å². The Hall–Kier alpha value is -2.24. The zero-order chi connectivity index (χ0) is 16.8.